The standard InChI is InChI=1S/C20H18Cl2F2N4O2S/c21-14-5-12(1-3-16(14)23)19(13-2-4-17(24)15(22)6-13)20-26-8-18(27-20)31(29,30)28-9-11(7-25)10-28/h1-6,8,11,19H,7,9-10,25H2,(H,26,27). The van der Waals surface area contributed by atoms with Crippen LogP contribution in [0.5, 0.6) is 0 Å². The maximum atomic E-state index is 13.7. The maximum Gasteiger partial charge on any atom is 0.260 e. The Bertz CT molecular complexity index is 1180. The summed E-state index contributed by atoms with van der Waals surface area (Å²) in [6.45, 7) is 1.11. The number of hydrogen-bond donors (Lipinski definition) is 2. The van der Waals surface area contributed by atoms with Crippen LogP contribution in [-0.4, -0.2) is 42.3 Å². The number of nitrogens with zero attached hydrogens (tertiary/aromatic N) is 2. The monoisotopic (exact) mass is 486 g/mol. The maximum absolute atomic E-state index is 13.7. The fourth-order valence-corrected chi connectivity index (χ4v) is 5.39. The molecule has 0 saturated carbocycles. The lowest BCUT2D eigenvalue weighted by Gasteiger charge is -2.36. The Balaban J connectivity index is 1.76. The molecule has 4 rings (SSSR count). The number of hydrogen-bond acceptors (Lipinski definition) is 4. The molecule has 3 aromatic rings. The third-order valence-corrected chi connectivity index (χ3v) is 7.59. The first-order valence-corrected chi connectivity index (χ1v) is 11.5. The van der Waals surface area contributed by atoms with Crippen molar-refractivity contribution in [1.29, 1.82) is 0 Å². The molecule has 1 aliphatic rings. The summed E-state index contributed by atoms with van der Waals surface area (Å²) in [5.74, 6) is -1.49. The van der Waals surface area contributed by atoms with E-state index < -0.39 is 27.6 Å². The average Bonchev–Trinajstić information content (AvgIpc) is 3.17. The molecule has 1 aliphatic heterocycles. The highest BCUT2D eigenvalue weighted by atomic mass is 35.5. The fraction of sp³-hybridized carbons (Fsp3) is 0.250. The third kappa shape index (κ3) is 4.20. The Kier molecular flexibility index (Phi) is 6.06. The van der Waals surface area contributed by atoms with Crippen molar-refractivity contribution in [1.82, 2.24) is 14.3 Å². The number of H-pyrrole nitrogens is 1. The van der Waals surface area contributed by atoms with Crippen LogP contribution in [0.15, 0.2) is 47.6 Å². The molecule has 164 valence electrons. The fourth-order valence-electron chi connectivity index (χ4n) is 3.50. The van der Waals surface area contributed by atoms with Gasteiger partial charge in [0.25, 0.3) is 10.0 Å². The van der Waals surface area contributed by atoms with E-state index in [1.807, 2.05) is 0 Å². The summed E-state index contributed by atoms with van der Waals surface area (Å²) in [4.78, 5) is 7.11. The summed E-state index contributed by atoms with van der Waals surface area (Å²) in [5, 5.41) is -0.295. The first kappa shape index (κ1) is 22.2. The minimum atomic E-state index is -3.76. The Labute approximate surface area is 188 Å². The second kappa shape index (κ2) is 8.48. The highest BCUT2D eigenvalue weighted by molar-refractivity contribution is 7.89. The van der Waals surface area contributed by atoms with Crippen molar-refractivity contribution in [3.63, 3.8) is 0 Å². The van der Waals surface area contributed by atoms with Gasteiger partial charge in [-0.15, -0.1) is 0 Å². The molecule has 3 N–H and O–H groups in total. The Morgan fingerprint density at radius 2 is 1.65 bits per heavy atom. The molecular formula is C20H18Cl2F2N4O2S. The summed E-state index contributed by atoms with van der Waals surface area (Å²) < 4.78 is 54.5. The molecule has 2 aromatic carbocycles. The van der Waals surface area contributed by atoms with Gasteiger partial charge >= 0.3 is 0 Å². The van der Waals surface area contributed by atoms with Gasteiger partial charge in [0.05, 0.1) is 22.2 Å². The van der Waals surface area contributed by atoms with Crippen LogP contribution in [0.2, 0.25) is 10.0 Å². The van der Waals surface area contributed by atoms with Crippen molar-refractivity contribution >= 4 is 33.2 Å². The second-order valence-corrected chi connectivity index (χ2v) is 10.1. The van der Waals surface area contributed by atoms with Crippen LogP contribution in [0.4, 0.5) is 8.78 Å². The van der Waals surface area contributed by atoms with Gasteiger partial charge in [0, 0.05) is 13.1 Å². The topological polar surface area (TPSA) is 92.1 Å². The van der Waals surface area contributed by atoms with Crippen molar-refractivity contribution in [3.8, 4) is 0 Å². The van der Waals surface area contributed by atoms with Gasteiger partial charge in [-0.1, -0.05) is 35.3 Å². The zero-order valence-electron chi connectivity index (χ0n) is 16.0. The Hall–Kier alpha value is -2.04. The molecule has 0 atom stereocenters. The van der Waals surface area contributed by atoms with Gasteiger partial charge < -0.3 is 10.7 Å². The molecule has 31 heavy (non-hydrogen) atoms. The molecule has 0 unspecified atom stereocenters. The van der Waals surface area contributed by atoms with E-state index in [1.165, 1.54) is 46.9 Å². The average molecular weight is 487 g/mol. The molecule has 2 heterocycles. The second-order valence-electron chi connectivity index (χ2n) is 7.34. The van der Waals surface area contributed by atoms with E-state index in [-0.39, 0.29) is 26.8 Å². The molecule has 0 radical (unpaired) electrons. The van der Waals surface area contributed by atoms with Crippen LogP contribution in [0, 0.1) is 17.6 Å². The number of benzene rings is 2. The van der Waals surface area contributed by atoms with E-state index in [9.17, 15) is 17.2 Å². The van der Waals surface area contributed by atoms with Crippen LogP contribution in [0.1, 0.15) is 22.9 Å². The largest absolute Gasteiger partial charge is 0.331 e. The normalized spacial score (nSPS) is 15.4. The van der Waals surface area contributed by atoms with Crippen molar-refractivity contribution in [2.75, 3.05) is 19.6 Å². The first-order valence-electron chi connectivity index (χ1n) is 9.35. The lowest BCUT2D eigenvalue weighted by molar-refractivity contribution is 0.207. The van der Waals surface area contributed by atoms with E-state index in [0.29, 0.717) is 30.8 Å². The molecule has 1 aromatic heterocycles. The molecule has 1 fully saturated rings. The quantitative estimate of drug-likeness (QED) is 0.554. The summed E-state index contributed by atoms with van der Waals surface area (Å²) in [7, 11) is -3.76. The number of halogens is 4. The van der Waals surface area contributed by atoms with Gasteiger partial charge in [-0.25, -0.2) is 22.2 Å². The predicted molar refractivity (Wildman–Crippen MR) is 114 cm³/mol. The van der Waals surface area contributed by atoms with E-state index in [1.54, 1.807) is 0 Å². The predicted octanol–water partition coefficient (Wildman–Crippen LogP) is 3.75. The summed E-state index contributed by atoms with van der Waals surface area (Å²) in [6.07, 6.45) is 1.23. The lowest BCUT2D eigenvalue weighted by Crippen LogP contribution is -2.52. The SMILES string of the molecule is NCC1CN(S(=O)(=O)c2cnc(C(c3ccc(F)c(Cl)c3)c3ccc(F)c(Cl)c3)[nH]2)C1. The number of aromatic nitrogens is 2. The van der Waals surface area contributed by atoms with Gasteiger partial charge in [0.2, 0.25) is 0 Å². The Morgan fingerprint density at radius 3 is 2.13 bits per heavy atom. The number of nitrogens with one attached hydrogen (secondary N) is 1. The summed E-state index contributed by atoms with van der Waals surface area (Å²) in [5.41, 5.74) is 6.63. The van der Waals surface area contributed by atoms with Crippen LogP contribution in [-0.2, 0) is 10.0 Å². The molecule has 1 saturated heterocycles. The van der Waals surface area contributed by atoms with Crippen LogP contribution < -0.4 is 5.73 Å². The minimum Gasteiger partial charge on any atom is -0.331 e. The number of imidazole rings is 1. The van der Waals surface area contributed by atoms with Crippen molar-refractivity contribution in [2.24, 2.45) is 11.7 Å². The van der Waals surface area contributed by atoms with Crippen molar-refractivity contribution in [3.05, 3.63) is 81.2 Å². The van der Waals surface area contributed by atoms with Crippen LogP contribution in [0.25, 0.3) is 0 Å². The zero-order valence-corrected chi connectivity index (χ0v) is 18.4. The number of aromatic amines is 1. The number of nitrogens with two attached hydrogens (primary N) is 1. The molecule has 0 amide bonds. The molecule has 0 spiro atoms. The summed E-state index contributed by atoms with van der Waals surface area (Å²) in [6, 6.07) is 8.22. The van der Waals surface area contributed by atoms with Gasteiger partial charge in [-0.2, -0.15) is 4.31 Å². The van der Waals surface area contributed by atoms with E-state index >= 15 is 0 Å². The van der Waals surface area contributed by atoms with Gasteiger partial charge in [0.15, 0.2) is 5.03 Å². The van der Waals surface area contributed by atoms with Crippen molar-refractivity contribution < 1.29 is 17.2 Å². The zero-order chi connectivity index (χ0) is 22.3. The van der Waals surface area contributed by atoms with E-state index in [4.69, 9.17) is 28.9 Å². The van der Waals surface area contributed by atoms with Gasteiger partial charge in [-0.3, -0.25) is 0 Å². The Morgan fingerprint density at radius 1 is 1.10 bits per heavy atom. The molecule has 11 heteroatoms. The molecule has 0 aliphatic carbocycles. The lowest BCUT2D eigenvalue weighted by atomic mass is 9.90. The highest BCUT2D eigenvalue weighted by Gasteiger charge is 2.37. The number of rotatable bonds is 6. The molecule has 6 nitrogen and oxygen atoms in total. The highest BCUT2D eigenvalue weighted by Crippen LogP contribution is 2.35. The minimum absolute atomic E-state index is 0.0793. The summed E-state index contributed by atoms with van der Waals surface area (Å²) >= 11 is 11.9. The smallest absolute Gasteiger partial charge is 0.260 e. The van der Waals surface area contributed by atoms with Crippen LogP contribution in [0.3, 0.4) is 0 Å². The molecular weight excluding hydrogens is 469 g/mol. The number of sulfonamides is 1. The third-order valence-electron chi connectivity index (χ3n) is 5.27. The van der Waals surface area contributed by atoms with E-state index in [0.717, 1.165) is 0 Å². The first-order chi connectivity index (χ1) is 14.7. The van der Waals surface area contributed by atoms with E-state index in [2.05, 4.69) is 9.97 Å². The van der Waals surface area contributed by atoms with Crippen molar-refractivity contribution in [2.45, 2.75) is 10.9 Å². The van der Waals surface area contributed by atoms with Gasteiger partial charge in [0.1, 0.15) is 17.5 Å². The van der Waals surface area contributed by atoms with Crippen LogP contribution >= 0.6 is 23.2 Å². The molecule has 0 bridgehead atoms. The van der Waals surface area contributed by atoms with Gasteiger partial charge in [-0.05, 0) is 47.9 Å².